The SMILES string of the molecule is C=CCOC(=O)C(C)(C)C(C)(C)CC(NC(=O)SC(C)(C)C(C)C)C(C)(C)C(C)(C)OC=O. The summed E-state index contributed by atoms with van der Waals surface area (Å²) < 4.78 is 10.6. The molecule has 7 heteroatoms. The minimum Gasteiger partial charge on any atom is -0.461 e. The monoisotopic (exact) mass is 485 g/mol. The Morgan fingerprint density at radius 2 is 1.52 bits per heavy atom. The number of carbonyl (C=O) groups excluding carboxylic acids is 3. The topological polar surface area (TPSA) is 81.7 Å². The summed E-state index contributed by atoms with van der Waals surface area (Å²) >= 11 is 1.27. The van der Waals surface area contributed by atoms with Gasteiger partial charge in [0, 0.05) is 16.2 Å². The molecular weight excluding hydrogens is 438 g/mol. The third-order valence-corrected chi connectivity index (χ3v) is 9.35. The fraction of sp³-hybridized carbons (Fsp3) is 0.808. The highest BCUT2D eigenvalue weighted by molar-refractivity contribution is 8.14. The van der Waals surface area contributed by atoms with Gasteiger partial charge in [0.1, 0.15) is 12.2 Å². The fourth-order valence-corrected chi connectivity index (χ4v) is 3.98. The van der Waals surface area contributed by atoms with Crippen molar-refractivity contribution in [2.24, 2.45) is 22.2 Å². The Morgan fingerprint density at radius 3 is 1.94 bits per heavy atom. The highest BCUT2D eigenvalue weighted by Gasteiger charge is 2.52. The van der Waals surface area contributed by atoms with E-state index < -0.39 is 27.9 Å². The van der Waals surface area contributed by atoms with E-state index in [1.165, 1.54) is 11.8 Å². The van der Waals surface area contributed by atoms with E-state index in [2.05, 4.69) is 25.7 Å². The quantitative estimate of drug-likeness (QED) is 0.185. The average Bonchev–Trinajstić information content (AvgIpc) is 2.64. The molecule has 33 heavy (non-hydrogen) atoms. The van der Waals surface area contributed by atoms with E-state index in [9.17, 15) is 14.4 Å². The number of ether oxygens (including phenoxy) is 2. The van der Waals surface area contributed by atoms with Gasteiger partial charge in [-0.15, -0.1) is 0 Å². The van der Waals surface area contributed by atoms with E-state index in [-0.39, 0.29) is 22.6 Å². The van der Waals surface area contributed by atoms with Gasteiger partial charge in [-0.05, 0) is 59.3 Å². The molecule has 1 unspecified atom stereocenters. The van der Waals surface area contributed by atoms with Gasteiger partial charge < -0.3 is 14.8 Å². The molecule has 0 aromatic carbocycles. The van der Waals surface area contributed by atoms with Gasteiger partial charge in [0.15, 0.2) is 0 Å². The summed E-state index contributed by atoms with van der Waals surface area (Å²) in [6, 6.07) is -0.392. The molecule has 0 aliphatic carbocycles. The first-order valence-electron chi connectivity index (χ1n) is 11.6. The van der Waals surface area contributed by atoms with Gasteiger partial charge in [-0.1, -0.05) is 66.0 Å². The minimum absolute atomic E-state index is 0.142. The van der Waals surface area contributed by atoms with Crippen LogP contribution in [0.5, 0.6) is 0 Å². The molecule has 6 nitrogen and oxygen atoms in total. The molecule has 0 saturated carbocycles. The lowest BCUT2D eigenvalue weighted by Gasteiger charge is -2.50. The van der Waals surface area contributed by atoms with Gasteiger partial charge in [-0.3, -0.25) is 14.4 Å². The summed E-state index contributed by atoms with van der Waals surface area (Å²) in [6.07, 6.45) is 2.01. The minimum atomic E-state index is -0.867. The number of thioether (sulfide) groups is 1. The van der Waals surface area contributed by atoms with Gasteiger partial charge in [0.2, 0.25) is 0 Å². The number of amides is 1. The molecule has 0 aromatic rings. The zero-order chi connectivity index (χ0) is 26.5. The lowest BCUT2D eigenvalue weighted by molar-refractivity contribution is -0.162. The number of esters is 1. The van der Waals surface area contributed by atoms with Crippen molar-refractivity contribution >= 4 is 29.4 Å². The molecule has 0 aliphatic rings. The van der Waals surface area contributed by atoms with E-state index in [4.69, 9.17) is 9.47 Å². The number of carbonyl (C=O) groups is 3. The van der Waals surface area contributed by atoms with Crippen LogP contribution in [0.2, 0.25) is 0 Å². The standard InChI is InChI=1S/C26H47NO5S/c1-14-15-31-20(29)24(8,9)22(4,5)16-19(23(6,7)26(12,13)32-17-28)27-21(30)33-25(10,11)18(2)3/h14,17-19H,1,15-16H2,2-13H3,(H,27,30). The van der Waals surface area contributed by atoms with E-state index >= 15 is 0 Å². The van der Waals surface area contributed by atoms with E-state index in [0.29, 0.717) is 18.8 Å². The van der Waals surface area contributed by atoms with Crippen molar-refractivity contribution in [2.45, 2.75) is 106 Å². The Morgan fingerprint density at radius 1 is 1.00 bits per heavy atom. The molecular formula is C26H47NO5S. The van der Waals surface area contributed by atoms with Crippen LogP contribution in [-0.4, -0.2) is 40.7 Å². The number of hydrogen-bond donors (Lipinski definition) is 1. The third-order valence-electron chi connectivity index (χ3n) is 8.05. The summed E-state index contributed by atoms with van der Waals surface area (Å²) in [7, 11) is 0. The van der Waals surface area contributed by atoms with Gasteiger partial charge in [0.25, 0.3) is 11.7 Å². The lowest BCUT2D eigenvalue weighted by atomic mass is 9.60. The zero-order valence-corrected chi connectivity index (χ0v) is 23.7. The first-order valence-corrected chi connectivity index (χ1v) is 12.4. The highest BCUT2D eigenvalue weighted by atomic mass is 32.2. The molecule has 0 heterocycles. The summed E-state index contributed by atoms with van der Waals surface area (Å²) in [6.45, 7) is 27.8. The summed E-state index contributed by atoms with van der Waals surface area (Å²) in [5.74, 6) is -0.0291. The largest absolute Gasteiger partial charge is 0.461 e. The summed E-state index contributed by atoms with van der Waals surface area (Å²) in [4.78, 5) is 37.2. The van der Waals surface area contributed by atoms with E-state index in [1.54, 1.807) is 6.08 Å². The molecule has 0 bridgehead atoms. The van der Waals surface area contributed by atoms with Crippen molar-refractivity contribution in [2.75, 3.05) is 6.61 Å². The molecule has 192 valence electrons. The van der Waals surface area contributed by atoms with Crippen LogP contribution in [0.15, 0.2) is 12.7 Å². The molecule has 0 saturated heterocycles. The lowest BCUT2D eigenvalue weighted by Crippen LogP contribution is -2.58. The number of rotatable bonds is 13. The van der Waals surface area contributed by atoms with Crippen LogP contribution in [-0.2, 0) is 19.1 Å². The van der Waals surface area contributed by atoms with Gasteiger partial charge >= 0.3 is 5.97 Å². The Labute approximate surface area is 206 Å². The molecule has 1 N–H and O–H groups in total. The second-order valence-electron chi connectivity index (χ2n) is 11.9. The second-order valence-corrected chi connectivity index (χ2v) is 13.5. The van der Waals surface area contributed by atoms with Crippen molar-refractivity contribution in [1.82, 2.24) is 5.32 Å². The van der Waals surface area contributed by atoms with Crippen LogP contribution in [0.4, 0.5) is 4.79 Å². The molecule has 0 radical (unpaired) electrons. The molecule has 0 spiro atoms. The highest BCUT2D eigenvalue weighted by Crippen LogP contribution is 2.48. The average molecular weight is 486 g/mol. The van der Waals surface area contributed by atoms with Crippen molar-refractivity contribution < 1.29 is 23.9 Å². The normalized spacial score (nSPS) is 14.5. The number of hydrogen-bond acceptors (Lipinski definition) is 6. The van der Waals surface area contributed by atoms with Crippen LogP contribution in [0, 0.1) is 22.2 Å². The molecule has 0 aromatic heterocycles. The van der Waals surface area contributed by atoms with E-state index in [0.717, 1.165) is 0 Å². The van der Waals surface area contributed by atoms with Crippen LogP contribution >= 0.6 is 11.8 Å². The maximum atomic E-state index is 13.2. The second kappa shape index (κ2) is 11.3. The summed E-state index contributed by atoms with van der Waals surface area (Å²) in [5.41, 5.74) is -2.91. The van der Waals surface area contributed by atoms with Crippen molar-refractivity contribution in [3.05, 3.63) is 12.7 Å². The fourth-order valence-electron chi connectivity index (χ4n) is 3.06. The van der Waals surface area contributed by atoms with Gasteiger partial charge in [-0.2, -0.15) is 0 Å². The third kappa shape index (κ3) is 7.76. The van der Waals surface area contributed by atoms with Crippen LogP contribution < -0.4 is 5.32 Å². The van der Waals surface area contributed by atoms with Crippen molar-refractivity contribution in [3.63, 3.8) is 0 Å². The first kappa shape index (κ1) is 31.5. The Hall–Kier alpha value is -1.50. The Bertz CT molecular complexity index is 707. The molecule has 0 rings (SSSR count). The predicted molar refractivity (Wildman–Crippen MR) is 137 cm³/mol. The Balaban J connectivity index is 6.17. The smallest absolute Gasteiger partial charge is 0.312 e. The maximum absolute atomic E-state index is 13.2. The van der Waals surface area contributed by atoms with Crippen LogP contribution in [0.3, 0.4) is 0 Å². The van der Waals surface area contributed by atoms with Crippen LogP contribution in [0.1, 0.15) is 89.5 Å². The predicted octanol–water partition coefficient (Wildman–Crippen LogP) is 6.38. The Kier molecular flexibility index (Phi) is 10.8. The maximum Gasteiger partial charge on any atom is 0.312 e. The van der Waals surface area contributed by atoms with Crippen molar-refractivity contribution in [3.8, 4) is 0 Å². The summed E-state index contributed by atoms with van der Waals surface area (Å²) in [5, 5.41) is 3.06. The number of nitrogens with one attached hydrogen (secondary N) is 1. The van der Waals surface area contributed by atoms with Crippen molar-refractivity contribution in [1.29, 1.82) is 0 Å². The molecule has 0 aliphatic heterocycles. The van der Waals surface area contributed by atoms with Crippen LogP contribution in [0.25, 0.3) is 0 Å². The molecule has 1 atom stereocenters. The molecule has 0 fully saturated rings. The zero-order valence-electron chi connectivity index (χ0n) is 22.9. The van der Waals surface area contributed by atoms with E-state index in [1.807, 2.05) is 69.2 Å². The van der Waals surface area contributed by atoms with Gasteiger partial charge in [-0.25, -0.2) is 0 Å². The van der Waals surface area contributed by atoms with Gasteiger partial charge in [0.05, 0.1) is 5.41 Å². The molecule has 1 amide bonds. The first-order chi connectivity index (χ1) is 14.7.